The second-order valence-corrected chi connectivity index (χ2v) is 8.41. The number of carbonyl (C=O) groups is 1. The molecule has 0 spiro atoms. The van der Waals surface area contributed by atoms with Gasteiger partial charge >= 0.3 is 0 Å². The second kappa shape index (κ2) is 8.08. The average Bonchev–Trinajstić information content (AvgIpc) is 2.64. The lowest BCUT2D eigenvalue weighted by atomic mass is 10.2. The highest BCUT2D eigenvalue weighted by atomic mass is 32.2. The van der Waals surface area contributed by atoms with Gasteiger partial charge in [-0.2, -0.15) is 0 Å². The van der Waals surface area contributed by atoms with Gasteiger partial charge in [-0.15, -0.1) is 0 Å². The molecule has 7 nitrogen and oxygen atoms in total. The zero-order chi connectivity index (χ0) is 19.4. The van der Waals surface area contributed by atoms with Gasteiger partial charge in [0, 0.05) is 37.4 Å². The van der Waals surface area contributed by atoms with Gasteiger partial charge in [0.05, 0.1) is 4.90 Å². The third-order valence-electron chi connectivity index (χ3n) is 4.47. The number of carbonyl (C=O) groups excluding carboxylic acids is 1. The largest absolute Gasteiger partial charge is 0.304 e. The quantitative estimate of drug-likeness (QED) is 0.815. The number of rotatable bonds is 5. The van der Waals surface area contributed by atoms with E-state index in [1.54, 1.807) is 42.5 Å². The van der Waals surface area contributed by atoms with Crippen LogP contribution >= 0.6 is 0 Å². The first kappa shape index (κ1) is 19.3. The lowest BCUT2D eigenvalue weighted by Crippen LogP contribution is -2.52. The first-order valence-corrected chi connectivity index (χ1v) is 10.3. The lowest BCUT2D eigenvalue weighted by molar-refractivity contribution is 0.0662. The van der Waals surface area contributed by atoms with E-state index in [0.29, 0.717) is 11.3 Å². The van der Waals surface area contributed by atoms with E-state index in [0.717, 1.165) is 31.7 Å². The SMILES string of the molecule is Cc1ccc(S(=O)(=O)Nc2cccc(C(=O)NN3CCN(C)CC3)c2)cc1. The van der Waals surface area contributed by atoms with Gasteiger partial charge in [-0.1, -0.05) is 23.8 Å². The van der Waals surface area contributed by atoms with E-state index in [4.69, 9.17) is 0 Å². The summed E-state index contributed by atoms with van der Waals surface area (Å²) in [6.45, 7) is 5.17. The molecule has 27 heavy (non-hydrogen) atoms. The third-order valence-corrected chi connectivity index (χ3v) is 5.87. The van der Waals surface area contributed by atoms with Crippen LogP contribution in [0.5, 0.6) is 0 Å². The summed E-state index contributed by atoms with van der Waals surface area (Å²) < 4.78 is 27.6. The Bertz CT molecular complexity index is 905. The van der Waals surface area contributed by atoms with Gasteiger partial charge < -0.3 is 4.90 Å². The van der Waals surface area contributed by atoms with Crippen molar-refractivity contribution >= 4 is 21.6 Å². The summed E-state index contributed by atoms with van der Waals surface area (Å²) in [4.78, 5) is 14.9. The molecule has 0 saturated carbocycles. The number of likely N-dealkylation sites (N-methyl/N-ethyl adjacent to an activating group) is 1. The van der Waals surface area contributed by atoms with Crippen molar-refractivity contribution in [3.63, 3.8) is 0 Å². The highest BCUT2D eigenvalue weighted by Gasteiger charge is 2.18. The van der Waals surface area contributed by atoms with Crippen molar-refractivity contribution in [2.75, 3.05) is 37.9 Å². The number of amides is 1. The van der Waals surface area contributed by atoms with Crippen LogP contribution in [0.25, 0.3) is 0 Å². The molecule has 1 heterocycles. The number of anilines is 1. The molecule has 0 radical (unpaired) electrons. The number of benzene rings is 2. The van der Waals surface area contributed by atoms with Crippen LogP contribution in [0.3, 0.4) is 0 Å². The molecular weight excluding hydrogens is 364 g/mol. The normalized spacial score (nSPS) is 16.1. The number of aryl methyl sites for hydroxylation is 1. The third kappa shape index (κ3) is 5.06. The zero-order valence-electron chi connectivity index (χ0n) is 15.5. The van der Waals surface area contributed by atoms with Crippen LogP contribution in [0.15, 0.2) is 53.4 Å². The molecule has 0 aromatic heterocycles. The van der Waals surface area contributed by atoms with Crippen LogP contribution in [0.4, 0.5) is 5.69 Å². The van der Waals surface area contributed by atoms with E-state index in [1.807, 2.05) is 19.0 Å². The van der Waals surface area contributed by atoms with Crippen molar-refractivity contribution < 1.29 is 13.2 Å². The van der Waals surface area contributed by atoms with E-state index in [-0.39, 0.29) is 10.8 Å². The smallest absolute Gasteiger partial charge is 0.265 e. The molecule has 1 aliphatic heterocycles. The van der Waals surface area contributed by atoms with Crippen molar-refractivity contribution in [3.05, 3.63) is 59.7 Å². The maximum absolute atomic E-state index is 12.5. The van der Waals surface area contributed by atoms with Gasteiger partial charge in [0.2, 0.25) is 0 Å². The zero-order valence-corrected chi connectivity index (χ0v) is 16.3. The summed E-state index contributed by atoms with van der Waals surface area (Å²) in [6, 6.07) is 13.1. The second-order valence-electron chi connectivity index (χ2n) is 6.73. The molecule has 2 aromatic carbocycles. The van der Waals surface area contributed by atoms with E-state index < -0.39 is 10.0 Å². The molecule has 0 atom stereocenters. The maximum Gasteiger partial charge on any atom is 0.265 e. The van der Waals surface area contributed by atoms with Crippen LogP contribution in [0.2, 0.25) is 0 Å². The van der Waals surface area contributed by atoms with Gasteiger partial charge in [0.25, 0.3) is 15.9 Å². The van der Waals surface area contributed by atoms with Gasteiger partial charge in [0.15, 0.2) is 0 Å². The van der Waals surface area contributed by atoms with Crippen molar-refractivity contribution in [2.45, 2.75) is 11.8 Å². The highest BCUT2D eigenvalue weighted by molar-refractivity contribution is 7.92. The van der Waals surface area contributed by atoms with E-state index in [1.165, 1.54) is 6.07 Å². The minimum Gasteiger partial charge on any atom is -0.304 e. The Balaban J connectivity index is 1.69. The number of sulfonamides is 1. The number of piperazine rings is 1. The molecule has 1 fully saturated rings. The molecule has 2 N–H and O–H groups in total. The van der Waals surface area contributed by atoms with E-state index in [2.05, 4.69) is 15.0 Å². The van der Waals surface area contributed by atoms with Crippen molar-refractivity contribution in [1.29, 1.82) is 0 Å². The molecule has 1 aliphatic rings. The van der Waals surface area contributed by atoms with Crippen LogP contribution in [-0.4, -0.2) is 57.5 Å². The molecule has 2 aromatic rings. The Kier molecular flexibility index (Phi) is 5.79. The van der Waals surface area contributed by atoms with Crippen LogP contribution in [-0.2, 0) is 10.0 Å². The van der Waals surface area contributed by atoms with Crippen LogP contribution in [0.1, 0.15) is 15.9 Å². The van der Waals surface area contributed by atoms with Crippen LogP contribution in [0, 0.1) is 6.92 Å². The summed E-state index contributed by atoms with van der Waals surface area (Å²) in [6.07, 6.45) is 0. The fraction of sp³-hybridized carbons (Fsp3) is 0.316. The van der Waals surface area contributed by atoms with Crippen molar-refractivity contribution in [2.24, 2.45) is 0 Å². The molecule has 1 amide bonds. The molecular formula is C19H24N4O3S. The Labute approximate surface area is 160 Å². The number of nitrogens with zero attached hydrogens (tertiary/aromatic N) is 2. The molecule has 0 bridgehead atoms. The minimum absolute atomic E-state index is 0.181. The van der Waals surface area contributed by atoms with Crippen molar-refractivity contribution in [1.82, 2.24) is 15.3 Å². The van der Waals surface area contributed by atoms with Gasteiger partial charge in [-0.25, -0.2) is 13.4 Å². The van der Waals surface area contributed by atoms with Gasteiger partial charge in [-0.05, 0) is 44.3 Å². The Morgan fingerprint density at radius 1 is 1.00 bits per heavy atom. The molecule has 144 valence electrons. The molecule has 0 unspecified atom stereocenters. The lowest BCUT2D eigenvalue weighted by Gasteiger charge is -2.32. The molecule has 8 heteroatoms. The van der Waals surface area contributed by atoms with E-state index in [9.17, 15) is 13.2 Å². The predicted octanol–water partition coefficient (Wildman–Crippen LogP) is 1.69. The van der Waals surface area contributed by atoms with Crippen molar-refractivity contribution in [3.8, 4) is 0 Å². The minimum atomic E-state index is -3.70. The highest BCUT2D eigenvalue weighted by Crippen LogP contribution is 2.18. The van der Waals surface area contributed by atoms with Crippen LogP contribution < -0.4 is 10.1 Å². The molecule has 1 saturated heterocycles. The summed E-state index contributed by atoms with van der Waals surface area (Å²) >= 11 is 0. The molecule has 3 rings (SSSR count). The number of hydrogen-bond acceptors (Lipinski definition) is 5. The van der Waals surface area contributed by atoms with Gasteiger partial charge in [-0.3, -0.25) is 14.9 Å². The first-order chi connectivity index (χ1) is 12.8. The summed E-state index contributed by atoms with van der Waals surface area (Å²) in [5.74, 6) is -0.254. The Hall–Kier alpha value is -2.42. The Morgan fingerprint density at radius 3 is 2.33 bits per heavy atom. The van der Waals surface area contributed by atoms with E-state index >= 15 is 0 Å². The standard InChI is InChI=1S/C19H24N4O3S/c1-15-6-8-18(9-7-15)27(25,26)21-17-5-3-4-16(14-17)19(24)20-23-12-10-22(2)11-13-23/h3-9,14,21H,10-13H2,1-2H3,(H,20,24). The number of nitrogens with one attached hydrogen (secondary N) is 2. The summed E-state index contributed by atoms with van der Waals surface area (Å²) in [5, 5.41) is 1.88. The maximum atomic E-state index is 12.5. The monoisotopic (exact) mass is 388 g/mol. The average molecular weight is 388 g/mol. The Morgan fingerprint density at radius 2 is 1.67 bits per heavy atom. The molecule has 0 aliphatic carbocycles. The predicted molar refractivity (Wildman–Crippen MR) is 105 cm³/mol. The summed E-state index contributed by atoms with van der Waals surface area (Å²) in [5.41, 5.74) is 4.61. The first-order valence-electron chi connectivity index (χ1n) is 8.77. The topological polar surface area (TPSA) is 81.7 Å². The fourth-order valence-corrected chi connectivity index (χ4v) is 3.83. The van der Waals surface area contributed by atoms with Gasteiger partial charge in [0.1, 0.15) is 0 Å². The number of hydrogen-bond donors (Lipinski definition) is 2. The number of hydrazine groups is 1. The fourth-order valence-electron chi connectivity index (χ4n) is 2.78. The summed E-state index contributed by atoms with van der Waals surface area (Å²) in [7, 11) is -1.66.